The zero-order chi connectivity index (χ0) is 13.2. The van der Waals surface area contributed by atoms with Crippen LogP contribution in [-0.2, 0) is 15.6 Å². The van der Waals surface area contributed by atoms with Gasteiger partial charge in [-0.05, 0) is 30.7 Å². The number of sulfone groups is 1. The summed E-state index contributed by atoms with van der Waals surface area (Å²) >= 11 is 6.03. The van der Waals surface area contributed by atoms with Crippen molar-refractivity contribution in [2.75, 3.05) is 0 Å². The van der Waals surface area contributed by atoms with Gasteiger partial charge in [-0.2, -0.15) is 0 Å². The number of rotatable bonds is 3. The van der Waals surface area contributed by atoms with Gasteiger partial charge in [0, 0.05) is 5.02 Å². The van der Waals surface area contributed by atoms with Crippen LogP contribution in [0.5, 0.6) is 0 Å². The van der Waals surface area contributed by atoms with Crippen molar-refractivity contribution in [3.8, 4) is 0 Å². The van der Waals surface area contributed by atoms with Gasteiger partial charge >= 0.3 is 0 Å². The summed E-state index contributed by atoms with van der Waals surface area (Å²) in [4.78, 5) is 0.322. The largest absolute Gasteiger partial charge is 0.223 e. The molecule has 2 rings (SSSR count). The average Bonchev–Trinajstić information content (AvgIpc) is 2.35. The van der Waals surface area contributed by atoms with E-state index in [9.17, 15) is 8.42 Å². The fourth-order valence-electron chi connectivity index (χ4n) is 1.73. The first-order valence-corrected chi connectivity index (χ1v) is 7.55. The van der Waals surface area contributed by atoms with Crippen molar-refractivity contribution in [1.82, 2.24) is 0 Å². The maximum atomic E-state index is 12.2. The van der Waals surface area contributed by atoms with Crippen LogP contribution in [0.15, 0.2) is 53.4 Å². The molecule has 18 heavy (non-hydrogen) atoms. The first kappa shape index (κ1) is 13.1. The van der Waals surface area contributed by atoms with E-state index in [-0.39, 0.29) is 5.75 Å². The lowest BCUT2D eigenvalue weighted by atomic mass is 10.2. The van der Waals surface area contributed by atoms with Crippen LogP contribution in [0.3, 0.4) is 0 Å². The molecule has 0 aliphatic carbocycles. The van der Waals surface area contributed by atoms with E-state index in [0.29, 0.717) is 15.5 Å². The summed E-state index contributed by atoms with van der Waals surface area (Å²) < 4.78 is 24.4. The molecule has 0 N–H and O–H groups in total. The van der Waals surface area contributed by atoms with E-state index in [2.05, 4.69) is 0 Å². The Hall–Kier alpha value is -1.32. The van der Waals surface area contributed by atoms with E-state index >= 15 is 0 Å². The second-order valence-electron chi connectivity index (χ2n) is 4.17. The molecular formula is C14H13ClO2S. The molecule has 2 aromatic rings. The zero-order valence-corrected chi connectivity index (χ0v) is 11.5. The van der Waals surface area contributed by atoms with Crippen molar-refractivity contribution in [3.05, 3.63) is 64.7 Å². The molecule has 2 aromatic carbocycles. The Bertz CT molecular complexity index is 649. The molecular weight excluding hydrogens is 268 g/mol. The van der Waals surface area contributed by atoms with Crippen molar-refractivity contribution < 1.29 is 8.42 Å². The smallest absolute Gasteiger partial charge is 0.182 e. The third kappa shape index (κ3) is 2.92. The summed E-state index contributed by atoms with van der Waals surface area (Å²) in [7, 11) is -3.34. The minimum Gasteiger partial charge on any atom is -0.223 e. The van der Waals surface area contributed by atoms with Crippen molar-refractivity contribution in [2.24, 2.45) is 0 Å². The Kier molecular flexibility index (Phi) is 3.73. The minimum atomic E-state index is -3.34. The number of hydrogen-bond acceptors (Lipinski definition) is 2. The molecule has 2 nitrogen and oxygen atoms in total. The highest BCUT2D eigenvalue weighted by Gasteiger charge is 2.16. The average molecular weight is 281 g/mol. The zero-order valence-electron chi connectivity index (χ0n) is 9.93. The van der Waals surface area contributed by atoms with Crippen LogP contribution in [0.2, 0.25) is 5.02 Å². The molecule has 4 heteroatoms. The van der Waals surface area contributed by atoms with Gasteiger partial charge < -0.3 is 0 Å². The predicted molar refractivity (Wildman–Crippen MR) is 73.5 cm³/mol. The molecule has 94 valence electrons. The van der Waals surface area contributed by atoms with E-state index in [1.165, 1.54) is 0 Å². The van der Waals surface area contributed by atoms with Crippen LogP contribution in [0, 0.1) is 6.92 Å². The summed E-state index contributed by atoms with van der Waals surface area (Å²) in [5.41, 5.74) is 1.64. The maximum absolute atomic E-state index is 12.2. The Balaban J connectivity index is 2.37. The maximum Gasteiger partial charge on any atom is 0.182 e. The highest BCUT2D eigenvalue weighted by Crippen LogP contribution is 2.23. The lowest BCUT2D eigenvalue weighted by Gasteiger charge is -2.07. The van der Waals surface area contributed by atoms with E-state index in [1.54, 1.807) is 36.4 Å². The molecule has 0 aliphatic rings. The molecule has 0 saturated carbocycles. The molecule has 0 aliphatic heterocycles. The molecule has 0 radical (unpaired) electrons. The first-order chi connectivity index (χ1) is 8.49. The van der Waals surface area contributed by atoms with E-state index in [0.717, 1.165) is 5.56 Å². The Morgan fingerprint density at radius 1 is 1.06 bits per heavy atom. The topological polar surface area (TPSA) is 34.1 Å². The molecule has 0 unspecified atom stereocenters. The fourth-order valence-corrected chi connectivity index (χ4v) is 3.38. The van der Waals surface area contributed by atoms with Gasteiger partial charge in [0.2, 0.25) is 0 Å². The second-order valence-corrected chi connectivity index (χ2v) is 6.56. The van der Waals surface area contributed by atoms with Crippen LogP contribution in [0.25, 0.3) is 0 Å². The standard InChI is InChI=1S/C14H13ClO2S/c1-11-7-8-14(15)12(9-11)10-18(16,17)13-5-3-2-4-6-13/h2-9H,10H2,1H3. The third-order valence-electron chi connectivity index (χ3n) is 2.65. The first-order valence-electron chi connectivity index (χ1n) is 5.52. The van der Waals surface area contributed by atoms with Gasteiger partial charge in [-0.1, -0.05) is 47.5 Å². The van der Waals surface area contributed by atoms with Gasteiger partial charge in [0.15, 0.2) is 9.84 Å². The molecule has 0 fully saturated rings. The number of halogens is 1. The SMILES string of the molecule is Cc1ccc(Cl)c(CS(=O)(=O)c2ccccc2)c1. The molecule has 0 aromatic heterocycles. The van der Waals surface area contributed by atoms with Crippen LogP contribution in [0.4, 0.5) is 0 Å². The predicted octanol–water partition coefficient (Wildman–Crippen LogP) is 3.62. The van der Waals surface area contributed by atoms with E-state index in [4.69, 9.17) is 11.6 Å². The highest BCUT2D eigenvalue weighted by molar-refractivity contribution is 7.90. The monoisotopic (exact) mass is 280 g/mol. The second kappa shape index (κ2) is 5.12. The van der Waals surface area contributed by atoms with Gasteiger partial charge in [0.1, 0.15) is 0 Å². The van der Waals surface area contributed by atoms with Gasteiger partial charge in [-0.15, -0.1) is 0 Å². The summed E-state index contributed by atoms with van der Waals surface area (Å²) in [5.74, 6) is -0.0719. The van der Waals surface area contributed by atoms with Crippen molar-refractivity contribution in [1.29, 1.82) is 0 Å². The van der Waals surface area contributed by atoms with Crippen LogP contribution < -0.4 is 0 Å². The van der Waals surface area contributed by atoms with E-state index < -0.39 is 9.84 Å². The van der Waals surface area contributed by atoms with Crippen LogP contribution in [-0.4, -0.2) is 8.42 Å². The lowest BCUT2D eigenvalue weighted by Crippen LogP contribution is -2.05. The summed E-state index contributed by atoms with van der Waals surface area (Å²) in [6, 6.07) is 13.8. The van der Waals surface area contributed by atoms with Gasteiger partial charge in [0.25, 0.3) is 0 Å². The summed E-state index contributed by atoms with van der Waals surface area (Å²) in [6.07, 6.45) is 0. The quantitative estimate of drug-likeness (QED) is 0.860. The molecule has 0 amide bonds. The molecule has 0 bridgehead atoms. The Morgan fingerprint density at radius 2 is 1.72 bits per heavy atom. The van der Waals surface area contributed by atoms with Crippen LogP contribution in [0.1, 0.15) is 11.1 Å². The summed E-state index contributed by atoms with van der Waals surface area (Å²) in [5, 5.41) is 0.486. The van der Waals surface area contributed by atoms with Crippen LogP contribution >= 0.6 is 11.6 Å². The third-order valence-corrected chi connectivity index (χ3v) is 4.70. The molecule has 0 heterocycles. The number of aryl methyl sites for hydroxylation is 1. The van der Waals surface area contributed by atoms with E-state index in [1.807, 2.05) is 19.1 Å². The Morgan fingerprint density at radius 3 is 2.39 bits per heavy atom. The highest BCUT2D eigenvalue weighted by atomic mass is 35.5. The molecule has 0 saturated heterocycles. The normalized spacial score (nSPS) is 11.4. The fraction of sp³-hybridized carbons (Fsp3) is 0.143. The van der Waals surface area contributed by atoms with Gasteiger partial charge in [-0.25, -0.2) is 8.42 Å². The van der Waals surface area contributed by atoms with Crippen molar-refractivity contribution in [3.63, 3.8) is 0 Å². The van der Waals surface area contributed by atoms with Crippen molar-refractivity contribution >= 4 is 21.4 Å². The Labute approximate surface area is 112 Å². The molecule has 0 spiro atoms. The number of benzene rings is 2. The molecule has 0 atom stereocenters. The minimum absolute atomic E-state index is 0.0719. The van der Waals surface area contributed by atoms with Crippen molar-refractivity contribution in [2.45, 2.75) is 17.6 Å². The lowest BCUT2D eigenvalue weighted by molar-refractivity contribution is 0.595. The summed E-state index contributed by atoms with van der Waals surface area (Å²) in [6.45, 7) is 1.91. The number of hydrogen-bond donors (Lipinski definition) is 0. The van der Waals surface area contributed by atoms with Gasteiger partial charge in [0.05, 0.1) is 10.6 Å². The van der Waals surface area contributed by atoms with Gasteiger partial charge in [-0.3, -0.25) is 0 Å².